The Hall–Kier alpha value is -2.25. The number of benzene rings is 2. The van der Waals surface area contributed by atoms with Crippen LogP contribution < -0.4 is 4.72 Å². The molecule has 0 aliphatic rings. The second kappa shape index (κ2) is 5.63. The van der Waals surface area contributed by atoms with Gasteiger partial charge in [-0.25, -0.2) is 13.2 Å². The number of aromatic carboxylic acids is 1. The van der Waals surface area contributed by atoms with Gasteiger partial charge in [0.15, 0.2) is 0 Å². The zero-order valence-electron chi connectivity index (χ0n) is 10.4. The smallest absolute Gasteiger partial charge is 0.339 e. The van der Waals surface area contributed by atoms with Crippen molar-refractivity contribution in [3.05, 3.63) is 53.1 Å². The second-order valence-corrected chi connectivity index (χ2v) is 6.13. The van der Waals surface area contributed by atoms with E-state index in [1.165, 1.54) is 24.3 Å². The van der Waals surface area contributed by atoms with Gasteiger partial charge in [0.25, 0.3) is 10.0 Å². The molecule has 0 bridgehead atoms. The van der Waals surface area contributed by atoms with Crippen molar-refractivity contribution < 1.29 is 23.4 Å². The summed E-state index contributed by atoms with van der Waals surface area (Å²) in [4.78, 5) is 10.8. The van der Waals surface area contributed by atoms with E-state index in [-0.39, 0.29) is 15.6 Å². The van der Waals surface area contributed by atoms with E-state index in [0.717, 1.165) is 12.1 Å². The van der Waals surface area contributed by atoms with Gasteiger partial charge in [-0.1, -0.05) is 23.7 Å². The normalized spacial score (nSPS) is 11.1. The lowest BCUT2D eigenvalue weighted by atomic mass is 10.2. The first kappa shape index (κ1) is 15.1. The monoisotopic (exact) mass is 327 g/mol. The van der Waals surface area contributed by atoms with Gasteiger partial charge in [0.2, 0.25) is 0 Å². The van der Waals surface area contributed by atoms with Crippen LogP contribution in [0.4, 0.5) is 5.69 Å². The summed E-state index contributed by atoms with van der Waals surface area (Å²) in [6.45, 7) is 0. The molecule has 0 aromatic heterocycles. The van der Waals surface area contributed by atoms with Gasteiger partial charge in [-0.05, 0) is 30.3 Å². The minimum absolute atomic E-state index is 0.00474. The summed E-state index contributed by atoms with van der Waals surface area (Å²) in [6.07, 6.45) is 0. The molecule has 8 heteroatoms. The summed E-state index contributed by atoms with van der Waals surface area (Å²) < 4.78 is 26.6. The van der Waals surface area contributed by atoms with Crippen molar-refractivity contribution in [1.29, 1.82) is 0 Å². The van der Waals surface area contributed by atoms with Crippen molar-refractivity contribution in [2.45, 2.75) is 4.90 Å². The Morgan fingerprint density at radius 2 is 1.81 bits per heavy atom. The fraction of sp³-hybridized carbons (Fsp3) is 0. The maximum atomic E-state index is 12.2. The molecule has 2 aromatic carbocycles. The van der Waals surface area contributed by atoms with Gasteiger partial charge < -0.3 is 10.2 Å². The lowest BCUT2D eigenvalue weighted by molar-refractivity contribution is 0.0694. The average Bonchev–Trinajstić information content (AvgIpc) is 2.40. The van der Waals surface area contributed by atoms with Gasteiger partial charge in [-0.15, -0.1) is 0 Å². The van der Waals surface area contributed by atoms with E-state index < -0.39 is 27.3 Å². The molecule has 0 radical (unpaired) electrons. The molecule has 0 atom stereocenters. The highest BCUT2D eigenvalue weighted by molar-refractivity contribution is 7.92. The van der Waals surface area contributed by atoms with Crippen LogP contribution in [0.1, 0.15) is 10.4 Å². The Balaban J connectivity index is 2.40. The van der Waals surface area contributed by atoms with E-state index in [9.17, 15) is 18.3 Å². The van der Waals surface area contributed by atoms with Gasteiger partial charge in [0.05, 0.1) is 5.02 Å². The topological polar surface area (TPSA) is 104 Å². The van der Waals surface area contributed by atoms with Crippen LogP contribution in [0.15, 0.2) is 47.4 Å². The Morgan fingerprint density at radius 3 is 2.43 bits per heavy atom. The number of anilines is 1. The molecule has 0 amide bonds. The Morgan fingerprint density at radius 1 is 1.14 bits per heavy atom. The van der Waals surface area contributed by atoms with Gasteiger partial charge >= 0.3 is 5.97 Å². The van der Waals surface area contributed by atoms with Crippen LogP contribution in [0.3, 0.4) is 0 Å². The van der Waals surface area contributed by atoms with Crippen LogP contribution in [-0.4, -0.2) is 24.6 Å². The molecule has 6 nitrogen and oxygen atoms in total. The van der Waals surface area contributed by atoms with Gasteiger partial charge in [0.1, 0.15) is 16.2 Å². The Kier molecular flexibility index (Phi) is 4.06. The molecule has 0 fully saturated rings. The van der Waals surface area contributed by atoms with E-state index in [0.29, 0.717) is 0 Å². The third-order valence-corrected chi connectivity index (χ3v) is 4.49. The first-order chi connectivity index (χ1) is 9.81. The zero-order valence-corrected chi connectivity index (χ0v) is 12.0. The van der Waals surface area contributed by atoms with E-state index in [4.69, 9.17) is 16.7 Å². The highest BCUT2D eigenvalue weighted by Gasteiger charge is 2.19. The second-order valence-electron chi connectivity index (χ2n) is 4.07. The van der Waals surface area contributed by atoms with Crippen LogP contribution in [0, 0.1) is 0 Å². The molecule has 110 valence electrons. The number of hydrogen-bond acceptors (Lipinski definition) is 4. The number of hydrogen-bond donors (Lipinski definition) is 3. The van der Waals surface area contributed by atoms with Gasteiger partial charge in [0, 0.05) is 5.69 Å². The number of carbonyl (C=O) groups is 1. The van der Waals surface area contributed by atoms with E-state index >= 15 is 0 Å². The van der Waals surface area contributed by atoms with Crippen LogP contribution >= 0.6 is 11.6 Å². The number of nitrogens with one attached hydrogen (secondary N) is 1. The summed E-state index contributed by atoms with van der Waals surface area (Å²) >= 11 is 5.83. The van der Waals surface area contributed by atoms with Crippen LogP contribution in [0.2, 0.25) is 5.02 Å². The number of carboxylic acids is 1. The molecule has 3 N–H and O–H groups in total. The highest BCUT2D eigenvalue weighted by atomic mass is 35.5. The lowest BCUT2D eigenvalue weighted by Crippen LogP contribution is -2.14. The molecule has 2 rings (SSSR count). The summed E-state index contributed by atoms with van der Waals surface area (Å²) in [7, 11) is -3.96. The summed E-state index contributed by atoms with van der Waals surface area (Å²) in [5.74, 6) is -1.82. The maximum Gasteiger partial charge on any atom is 0.339 e. The third-order valence-electron chi connectivity index (χ3n) is 2.61. The molecular weight excluding hydrogens is 318 g/mol. The first-order valence-electron chi connectivity index (χ1n) is 5.65. The van der Waals surface area contributed by atoms with Crippen molar-refractivity contribution in [1.82, 2.24) is 0 Å². The minimum atomic E-state index is -3.96. The van der Waals surface area contributed by atoms with Crippen LogP contribution in [0.25, 0.3) is 0 Å². The molecule has 0 saturated heterocycles. The number of aromatic hydroxyl groups is 1. The fourth-order valence-corrected chi connectivity index (χ4v) is 3.21. The molecule has 0 spiro atoms. The number of sulfonamides is 1. The molecule has 0 aliphatic carbocycles. The summed E-state index contributed by atoms with van der Waals surface area (Å²) in [5, 5.41) is 18.3. The third kappa shape index (κ3) is 3.26. The molecule has 2 aromatic rings. The Bertz CT molecular complexity index is 804. The first-order valence-corrected chi connectivity index (χ1v) is 7.51. The number of phenols is 1. The number of carboxylic acid groups (broad SMARTS) is 1. The maximum absolute atomic E-state index is 12.2. The molecule has 0 unspecified atom stereocenters. The van der Waals surface area contributed by atoms with Crippen LogP contribution in [0.5, 0.6) is 5.75 Å². The average molecular weight is 328 g/mol. The van der Waals surface area contributed by atoms with Crippen molar-refractivity contribution >= 4 is 33.3 Å². The highest BCUT2D eigenvalue weighted by Crippen LogP contribution is 2.26. The van der Waals surface area contributed by atoms with Crippen molar-refractivity contribution in [2.24, 2.45) is 0 Å². The standard InChI is InChI=1S/C13H10ClNO5S/c14-10-3-1-2-4-12(10)21(19,20)15-8-5-6-11(16)9(7-8)13(17)18/h1-7,15-16H,(H,17,18). The minimum Gasteiger partial charge on any atom is -0.507 e. The summed E-state index contributed by atoms with van der Waals surface area (Å²) in [6, 6.07) is 9.21. The fourth-order valence-electron chi connectivity index (χ4n) is 1.64. The molecule has 0 heterocycles. The number of rotatable bonds is 4. The molecule has 0 aliphatic heterocycles. The Labute approximate surface area is 125 Å². The quantitative estimate of drug-likeness (QED) is 0.749. The van der Waals surface area contributed by atoms with E-state index in [2.05, 4.69) is 4.72 Å². The molecule has 0 saturated carbocycles. The van der Waals surface area contributed by atoms with Crippen molar-refractivity contribution in [3.8, 4) is 5.75 Å². The van der Waals surface area contributed by atoms with Crippen LogP contribution in [-0.2, 0) is 10.0 Å². The zero-order chi connectivity index (χ0) is 15.6. The largest absolute Gasteiger partial charge is 0.507 e. The van der Waals surface area contributed by atoms with Gasteiger partial charge in [-0.2, -0.15) is 0 Å². The van der Waals surface area contributed by atoms with Crippen molar-refractivity contribution in [3.63, 3.8) is 0 Å². The van der Waals surface area contributed by atoms with Gasteiger partial charge in [-0.3, -0.25) is 4.72 Å². The predicted octanol–water partition coefficient (Wildman–Crippen LogP) is 2.54. The lowest BCUT2D eigenvalue weighted by Gasteiger charge is -2.10. The number of halogens is 1. The molecular formula is C13H10ClNO5S. The van der Waals surface area contributed by atoms with E-state index in [1.54, 1.807) is 6.07 Å². The van der Waals surface area contributed by atoms with Crippen molar-refractivity contribution in [2.75, 3.05) is 4.72 Å². The predicted molar refractivity (Wildman–Crippen MR) is 77.3 cm³/mol. The van der Waals surface area contributed by atoms with E-state index in [1.807, 2.05) is 0 Å². The summed E-state index contributed by atoms with van der Waals surface area (Å²) in [5.41, 5.74) is -0.403. The molecule has 21 heavy (non-hydrogen) atoms. The SMILES string of the molecule is O=C(O)c1cc(NS(=O)(=O)c2ccccc2Cl)ccc1O.